The molecular formula is C22H25N3O4S. The van der Waals surface area contributed by atoms with Crippen molar-refractivity contribution in [1.82, 2.24) is 14.9 Å². The number of nitrogens with zero attached hydrogens (tertiary/aromatic N) is 1. The third-order valence-electron chi connectivity index (χ3n) is 4.93. The molecule has 1 atom stereocenters. The number of carbonyl (C=O) groups excluding carboxylic acids is 2. The lowest BCUT2D eigenvalue weighted by molar-refractivity contribution is -0.128. The summed E-state index contributed by atoms with van der Waals surface area (Å²) in [5.41, 5.74) is 1.24. The maximum Gasteiger partial charge on any atom is 0.251 e. The molecule has 2 aromatic rings. The van der Waals surface area contributed by atoms with Crippen LogP contribution in [0.5, 0.6) is 0 Å². The van der Waals surface area contributed by atoms with Crippen molar-refractivity contribution in [2.75, 3.05) is 19.6 Å². The van der Waals surface area contributed by atoms with E-state index >= 15 is 0 Å². The summed E-state index contributed by atoms with van der Waals surface area (Å²) in [5, 5.41) is 2.98. The van der Waals surface area contributed by atoms with E-state index in [2.05, 4.69) is 16.6 Å². The van der Waals surface area contributed by atoms with Gasteiger partial charge in [0.25, 0.3) is 5.91 Å². The quantitative estimate of drug-likeness (QED) is 0.600. The largest absolute Gasteiger partial charge is 0.343 e. The highest BCUT2D eigenvalue weighted by Crippen LogP contribution is 2.19. The molecule has 158 valence electrons. The summed E-state index contributed by atoms with van der Waals surface area (Å²) in [4.78, 5) is 26.7. The fraction of sp³-hybridized carbons (Fsp3) is 0.273. The van der Waals surface area contributed by atoms with Crippen LogP contribution in [0.2, 0.25) is 0 Å². The molecule has 0 radical (unpaired) electrons. The first-order chi connectivity index (χ1) is 14.4. The molecule has 7 nitrogen and oxygen atoms in total. The van der Waals surface area contributed by atoms with Gasteiger partial charge in [0.05, 0.1) is 10.9 Å². The maximum atomic E-state index is 12.8. The SMILES string of the molecule is C=CCNS(=O)(=O)c1ccc(C(=O)NC(CN2CCCC2=O)c2ccccc2)cc1. The Morgan fingerprint density at radius 1 is 1.13 bits per heavy atom. The molecule has 0 spiro atoms. The molecule has 8 heteroatoms. The number of hydrogen-bond acceptors (Lipinski definition) is 4. The Morgan fingerprint density at radius 3 is 2.43 bits per heavy atom. The van der Waals surface area contributed by atoms with Gasteiger partial charge in [0.1, 0.15) is 0 Å². The van der Waals surface area contributed by atoms with Gasteiger partial charge in [-0.1, -0.05) is 36.4 Å². The lowest BCUT2D eigenvalue weighted by Gasteiger charge is -2.25. The van der Waals surface area contributed by atoms with Gasteiger partial charge in [0.15, 0.2) is 0 Å². The number of rotatable bonds is 9. The van der Waals surface area contributed by atoms with E-state index in [1.807, 2.05) is 30.3 Å². The first kappa shape index (κ1) is 21.7. The predicted molar refractivity (Wildman–Crippen MR) is 114 cm³/mol. The summed E-state index contributed by atoms with van der Waals surface area (Å²) in [6, 6.07) is 14.8. The van der Waals surface area contributed by atoms with Crippen LogP contribution in [0, 0.1) is 0 Å². The lowest BCUT2D eigenvalue weighted by Crippen LogP contribution is -2.38. The Hall–Kier alpha value is -2.97. The third-order valence-corrected chi connectivity index (χ3v) is 6.37. The Kier molecular flexibility index (Phi) is 7.02. The second-order valence-corrected chi connectivity index (χ2v) is 8.81. The number of hydrogen-bond donors (Lipinski definition) is 2. The number of carbonyl (C=O) groups is 2. The van der Waals surface area contributed by atoms with E-state index in [-0.39, 0.29) is 29.3 Å². The van der Waals surface area contributed by atoms with Crippen LogP contribution in [0.3, 0.4) is 0 Å². The molecule has 1 aliphatic heterocycles. The van der Waals surface area contributed by atoms with Crippen molar-refractivity contribution in [2.24, 2.45) is 0 Å². The molecule has 30 heavy (non-hydrogen) atoms. The average molecular weight is 428 g/mol. The first-order valence-corrected chi connectivity index (χ1v) is 11.2. The molecule has 1 heterocycles. The summed E-state index contributed by atoms with van der Waals surface area (Å²) in [6.07, 6.45) is 2.81. The monoisotopic (exact) mass is 427 g/mol. The van der Waals surface area contributed by atoms with Crippen LogP contribution in [0.1, 0.15) is 34.8 Å². The Balaban J connectivity index is 1.75. The zero-order valence-corrected chi connectivity index (χ0v) is 17.4. The van der Waals surface area contributed by atoms with Gasteiger partial charge < -0.3 is 10.2 Å². The van der Waals surface area contributed by atoms with Crippen LogP contribution in [-0.2, 0) is 14.8 Å². The number of benzene rings is 2. The summed E-state index contributed by atoms with van der Waals surface area (Å²) in [5.74, 6) is -0.245. The van der Waals surface area contributed by atoms with Crippen LogP contribution < -0.4 is 10.0 Å². The van der Waals surface area contributed by atoms with Gasteiger partial charge in [0, 0.05) is 31.6 Å². The van der Waals surface area contributed by atoms with Crippen molar-refractivity contribution < 1.29 is 18.0 Å². The molecule has 0 saturated carbocycles. The normalized spacial score (nSPS) is 15.1. The van der Waals surface area contributed by atoms with Gasteiger partial charge in [-0.15, -0.1) is 6.58 Å². The molecule has 1 unspecified atom stereocenters. The summed E-state index contributed by atoms with van der Waals surface area (Å²) < 4.78 is 26.7. The van der Waals surface area contributed by atoms with E-state index in [0.717, 1.165) is 12.0 Å². The van der Waals surface area contributed by atoms with Gasteiger partial charge in [-0.3, -0.25) is 9.59 Å². The van der Waals surface area contributed by atoms with Crippen molar-refractivity contribution in [3.63, 3.8) is 0 Å². The minimum atomic E-state index is -3.65. The fourth-order valence-electron chi connectivity index (χ4n) is 3.32. The highest BCUT2D eigenvalue weighted by atomic mass is 32.2. The van der Waals surface area contributed by atoms with Crippen LogP contribution in [-0.4, -0.2) is 44.8 Å². The van der Waals surface area contributed by atoms with E-state index in [1.165, 1.54) is 30.3 Å². The third kappa shape index (κ3) is 5.34. The van der Waals surface area contributed by atoms with Crippen molar-refractivity contribution in [3.05, 3.63) is 78.4 Å². The topological polar surface area (TPSA) is 95.6 Å². The average Bonchev–Trinajstić information content (AvgIpc) is 3.17. The zero-order valence-electron chi connectivity index (χ0n) is 16.6. The second-order valence-electron chi connectivity index (χ2n) is 7.04. The zero-order chi connectivity index (χ0) is 21.6. The second kappa shape index (κ2) is 9.69. The van der Waals surface area contributed by atoms with Crippen LogP contribution in [0.4, 0.5) is 0 Å². The maximum absolute atomic E-state index is 12.8. The van der Waals surface area contributed by atoms with Crippen molar-refractivity contribution in [3.8, 4) is 0 Å². The standard InChI is InChI=1S/C22H25N3O4S/c1-2-14-23-30(28,29)19-12-10-18(11-13-19)22(27)24-20(17-7-4-3-5-8-17)16-25-15-6-9-21(25)26/h2-5,7-8,10-13,20,23H,1,6,9,14-16H2,(H,24,27). The highest BCUT2D eigenvalue weighted by Gasteiger charge is 2.25. The van der Waals surface area contributed by atoms with Gasteiger partial charge in [-0.2, -0.15) is 0 Å². The fourth-order valence-corrected chi connectivity index (χ4v) is 4.31. The van der Waals surface area contributed by atoms with E-state index in [9.17, 15) is 18.0 Å². The lowest BCUT2D eigenvalue weighted by atomic mass is 10.1. The van der Waals surface area contributed by atoms with Gasteiger partial charge in [-0.25, -0.2) is 13.1 Å². The van der Waals surface area contributed by atoms with E-state index < -0.39 is 10.0 Å². The number of nitrogens with one attached hydrogen (secondary N) is 2. The van der Waals surface area contributed by atoms with Crippen molar-refractivity contribution in [2.45, 2.75) is 23.8 Å². The molecule has 2 amide bonds. The summed E-state index contributed by atoms with van der Waals surface area (Å²) in [6.45, 7) is 4.69. The predicted octanol–water partition coefficient (Wildman–Crippen LogP) is 2.24. The van der Waals surface area contributed by atoms with E-state index in [0.29, 0.717) is 25.1 Å². The van der Waals surface area contributed by atoms with Crippen LogP contribution in [0.15, 0.2) is 72.1 Å². The minimum absolute atomic E-state index is 0.0724. The molecule has 1 aliphatic rings. The molecule has 0 aromatic heterocycles. The first-order valence-electron chi connectivity index (χ1n) is 9.75. The van der Waals surface area contributed by atoms with Gasteiger partial charge in [0.2, 0.25) is 15.9 Å². The van der Waals surface area contributed by atoms with E-state index in [4.69, 9.17) is 0 Å². The highest BCUT2D eigenvalue weighted by molar-refractivity contribution is 7.89. The summed E-state index contributed by atoms with van der Waals surface area (Å²) >= 11 is 0. The van der Waals surface area contributed by atoms with Gasteiger partial charge >= 0.3 is 0 Å². The molecule has 2 aromatic carbocycles. The number of likely N-dealkylation sites (tertiary alicyclic amines) is 1. The Labute approximate surface area is 176 Å². The molecule has 3 rings (SSSR count). The number of amides is 2. The molecule has 0 aliphatic carbocycles. The molecule has 1 saturated heterocycles. The van der Waals surface area contributed by atoms with Crippen LogP contribution in [0.25, 0.3) is 0 Å². The smallest absolute Gasteiger partial charge is 0.251 e. The van der Waals surface area contributed by atoms with E-state index in [1.54, 1.807) is 4.90 Å². The van der Waals surface area contributed by atoms with Crippen LogP contribution >= 0.6 is 0 Å². The molecule has 1 fully saturated rings. The minimum Gasteiger partial charge on any atom is -0.343 e. The Bertz CT molecular complexity index is 1000. The Morgan fingerprint density at radius 2 is 1.83 bits per heavy atom. The summed E-state index contributed by atoms with van der Waals surface area (Å²) in [7, 11) is -3.65. The van der Waals surface area contributed by atoms with Gasteiger partial charge in [-0.05, 0) is 36.2 Å². The van der Waals surface area contributed by atoms with Crippen molar-refractivity contribution in [1.29, 1.82) is 0 Å². The molecular weight excluding hydrogens is 402 g/mol. The number of sulfonamides is 1. The molecule has 2 N–H and O–H groups in total. The molecule has 0 bridgehead atoms. The van der Waals surface area contributed by atoms with Crippen molar-refractivity contribution >= 4 is 21.8 Å².